The lowest BCUT2D eigenvalue weighted by Gasteiger charge is -2.22. The molecule has 0 saturated carbocycles. The third-order valence-corrected chi connectivity index (χ3v) is 6.36. The van der Waals surface area contributed by atoms with Crippen LogP contribution < -0.4 is 5.32 Å². The van der Waals surface area contributed by atoms with E-state index in [-0.39, 0.29) is 11.9 Å². The number of aromatic nitrogens is 2. The fourth-order valence-electron chi connectivity index (χ4n) is 2.69. The summed E-state index contributed by atoms with van der Waals surface area (Å²) in [5, 5.41) is 7.68. The minimum atomic E-state index is -0.00469. The van der Waals surface area contributed by atoms with Crippen LogP contribution in [-0.2, 0) is 4.79 Å². The van der Waals surface area contributed by atoms with Crippen LogP contribution in [0.15, 0.2) is 65.0 Å². The number of nitrogens with one attached hydrogen (secondary N) is 1. The normalized spacial score (nSPS) is 12.1. The van der Waals surface area contributed by atoms with Gasteiger partial charge in [-0.2, -0.15) is 0 Å². The molecule has 1 atom stereocenters. The molecular weight excluding hydrogens is 394 g/mol. The number of para-hydroxylation sites is 1. The van der Waals surface area contributed by atoms with Crippen LogP contribution in [0.3, 0.4) is 0 Å². The van der Waals surface area contributed by atoms with E-state index in [9.17, 15) is 4.79 Å². The molecule has 1 amide bonds. The van der Waals surface area contributed by atoms with Crippen LogP contribution >= 0.6 is 35.3 Å². The summed E-state index contributed by atoms with van der Waals surface area (Å²) in [7, 11) is 0. The summed E-state index contributed by atoms with van der Waals surface area (Å²) in [6.07, 6.45) is 0. The summed E-state index contributed by atoms with van der Waals surface area (Å²) in [6.45, 7) is 4.22. The van der Waals surface area contributed by atoms with Gasteiger partial charge in [-0.1, -0.05) is 85.5 Å². The number of hydrogen-bond donors (Lipinski definition) is 1. The van der Waals surface area contributed by atoms with Crippen molar-refractivity contribution in [2.45, 2.75) is 24.2 Å². The van der Waals surface area contributed by atoms with Gasteiger partial charge in [0.15, 0.2) is 8.29 Å². The van der Waals surface area contributed by atoms with Crippen molar-refractivity contribution in [3.05, 3.63) is 70.2 Å². The van der Waals surface area contributed by atoms with E-state index in [2.05, 4.69) is 24.3 Å². The van der Waals surface area contributed by atoms with Crippen molar-refractivity contribution in [3.63, 3.8) is 0 Å². The highest BCUT2D eigenvalue weighted by Gasteiger charge is 2.18. The standard InChI is InChI=1S/C20H21N3OS3/c1-14(2)18(15-9-5-3-6-10-15)21-17(24)13-26-19-22-23(20(25)27-19)16-11-7-4-8-12-16/h3-12,14,18H,13H2,1-2H3,(H,21,24). The fraction of sp³-hybridized carbons (Fsp3) is 0.250. The molecule has 0 fully saturated rings. The maximum absolute atomic E-state index is 12.5. The Balaban J connectivity index is 1.63. The molecule has 3 aromatic rings. The number of nitrogens with zero attached hydrogens (tertiary/aromatic N) is 2. The summed E-state index contributed by atoms with van der Waals surface area (Å²) in [5.41, 5.74) is 2.05. The third kappa shape index (κ3) is 5.28. The number of carbonyl (C=O) groups excluding carboxylic acids is 1. The first-order chi connectivity index (χ1) is 13.0. The van der Waals surface area contributed by atoms with Crippen LogP contribution in [0, 0.1) is 9.87 Å². The SMILES string of the molecule is CC(C)C(NC(=O)CSc1nn(-c2ccccc2)c(=S)s1)c1ccccc1. The van der Waals surface area contributed by atoms with E-state index in [1.807, 2.05) is 60.7 Å². The van der Waals surface area contributed by atoms with Gasteiger partial charge in [0.05, 0.1) is 17.5 Å². The van der Waals surface area contributed by atoms with Crippen LogP contribution in [0.5, 0.6) is 0 Å². The van der Waals surface area contributed by atoms with Gasteiger partial charge < -0.3 is 5.32 Å². The molecule has 0 aliphatic rings. The minimum absolute atomic E-state index is 0.000589. The van der Waals surface area contributed by atoms with Gasteiger partial charge in [0.2, 0.25) is 5.91 Å². The molecule has 27 heavy (non-hydrogen) atoms. The second-order valence-corrected chi connectivity index (χ2v) is 9.21. The van der Waals surface area contributed by atoms with E-state index in [4.69, 9.17) is 12.2 Å². The van der Waals surface area contributed by atoms with Gasteiger partial charge in [-0.15, -0.1) is 5.10 Å². The summed E-state index contributed by atoms with van der Waals surface area (Å²) >= 11 is 8.25. The second kappa shape index (κ2) is 9.30. The molecule has 0 radical (unpaired) electrons. The Morgan fingerprint density at radius 1 is 1.15 bits per heavy atom. The average Bonchev–Trinajstić information content (AvgIpc) is 3.06. The summed E-state index contributed by atoms with van der Waals surface area (Å²) in [5.74, 6) is 0.614. The van der Waals surface area contributed by atoms with Crippen LogP contribution in [0.2, 0.25) is 0 Å². The Bertz CT molecular complexity index is 936. The Morgan fingerprint density at radius 2 is 1.78 bits per heavy atom. The molecule has 0 aliphatic heterocycles. The lowest BCUT2D eigenvalue weighted by atomic mass is 9.96. The van der Waals surface area contributed by atoms with Gasteiger partial charge in [-0.05, 0) is 35.8 Å². The number of amides is 1. The van der Waals surface area contributed by atoms with Crippen molar-refractivity contribution in [1.82, 2.24) is 15.1 Å². The highest BCUT2D eigenvalue weighted by molar-refractivity contribution is 8.01. The van der Waals surface area contributed by atoms with Gasteiger partial charge >= 0.3 is 0 Å². The number of carbonyl (C=O) groups is 1. The van der Waals surface area contributed by atoms with Crippen molar-refractivity contribution in [2.24, 2.45) is 5.92 Å². The molecule has 0 saturated heterocycles. The first kappa shape index (κ1) is 19.8. The van der Waals surface area contributed by atoms with E-state index in [0.29, 0.717) is 15.6 Å². The molecule has 2 aromatic carbocycles. The van der Waals surface area contributed by atoms with Crippen LogP contribution in [0.1, 0.15) is 25.5 Å². The van der Waals surface area contributed by atoms with Crippen molar-refractivity contribution in [3.8, 4) is 5.69 Å². The third-order valence-electron chi connectivity index (χ3n) is 4.00. The largest absolute Gasteiger partial charge is 0.348 e. The zero-order valence-corrected chi connectivity index (χ0v) is 17.6. The molecule has 140 valence electrons. The van der Waals surface area contributed by atoms with E-state index in [1.165, 1.54) is 23.1 Å². The summed E-state index contributed by atoms with van der Waals surface area (Å²) in [6, 6.07) is 19.8. The molecule has 4 nitrogen and oxygen atoms in total. The molecule has 1 unspecified atom stereocenters. The zero-order chi connectivity index (χ0) is 19.2. The van der Waals surface area contributed by atoms with Crippen molar-refractivity contribution in [2.75, 3.05) is 5.75 Å². The molecular formula is C20H21N3OS3. The van der Waals surface area contributed by atoms with Crippen molar-refractivity contribution >= 4 is 41.2 Å². The molecule has 0 spiro atoms. The van der Waals surface area contributed by atoms with Gasteiger partial charge in [0.1, 0.15) is 0 Å². The number of hydrogen-bond acceptors (Lipinski definition) is 5. The first-order valence-corrected chi connectivity index (χ1v) is 10.9. The van der Waals surface area contributed by atoms with Gasteiger partial charge in [-0.25, -0.2) is 4.68 Å². The Kier molecular flexibility index (Phi) is 6.82. The fourth-order valence-corrected chi connectivity index (χ4v) is 4.86. The van der Waals surface area contributed by atoms with E-state index >= 15 is 0 Å². The Hall–Kier alpha value is -1.96. The zero-order valence-electron chi connectivity index (χ0n) is 15.2. The van der Waals surface area contributed by atoms with Crippen LogP contribution in [-0.4, -0.2) is 21.4 Å². The maximum Gasteiger partial charge on any atom is 0.230 e. The molecule has 7 heteroatoms. The molecule has 1 heterocycles. The lowest BCUT2D eigenvalue weighted by molar-refractivity contribution is -0.119. The topological polar surface area (TPSA) is 46.9 Å². The van der Waals surface area contributed by atoms with Crippen LogP contribution in [0.25, 0.3) is 5.69 Å². The van der Waals surface area contributed by atoms with Gasteiger partial charge in [0.25, 0.3) is 0 Å². The highest BCUT2D eigenvalue weighted by Crippen LogP contribution is 2.25. The molecule has 1 aromatic heterocycles. The number of rotatable bonds is 7. The second-order valence-electron chi connectivity index (χ2n) is 6.37. The van der Waals surface area contributed by atoms with Crippen molar-refractivity contribution < 1.29 is 4.79 Å². The van der Waals surface area contributed by atoms with E-state index in [0.717, 1.165) is 15.6 Å². The van der Waals surface area contributed by atoms with E-state index in [1.54, 1.807) is 4.68 Å². The molecule has 0 aliphatic carbocycles. The number of thioether (sulfide) groups is 1. The summed E-state index contributed by atoms with van der Waals surface area (Å²) < 4.78 is 3.20. The highest BCUT2D eigenvalue weighted by atomic mass is 32.2. The van der Waals surface area contributed by atoms with Gasteiger partial charge in [0, 0.05) is 0 Å². The minimum Gasteiger partial charge on any atom is -0.348 e. The smallest absolute Gasteiger partial charge is 0.230 e. The van der Waals surface area contributed by atoms with Gasteiger partial charge in [-0.3, -0.25) is 4.79 Å². The lowest BCUT2D eigenvalue weighted by Crippen LogP contribution is -2.32. The predicted octanol–water partition coefficient (Wildman–Crippen LogP) is 5.27. The Labute approximate surface area is 172 Å². The molecule has 1 N–H and O–H groups in total. The monoisotopic (exact) mass is 415 g/mol. The van der Waals surface area contributed by atoms with E-state index < -0.39 is 0 Å². The average molecular weight is 416 g/mol. The molecule has 0 bridgehead atoms. The summed E-state index contributed by atoms with van der Waals surface area (Å²) in [4.78, 5) is 12.5. The van der Waals surface area contributed by atoms with Crippen molar-refractivity contribution in [1.29, 1.82) is 0 Å². The Morgan fingerprint density at radius 3 is 2.41 bits per heavy atom. The molecule has 3 rings (SSSR count). The van der Waals surface area contributed by atoms with Crippen LogP contribution in [0.4, 0.5) is 0 Å². The first-order valence-electron chi connectivity index (χ1n) is 8.67. The predicted molar refractivity (Wildman–Crippen MR) is 115 cm³/mol. The number of benzene rings is 2. The quantitative estimate of drug-likeness (QED) is 0.422. The maximum atomic E-state index is 12.5.